The molecule has 0 radical (unpaired) electrons. The van der Waals surface area contributed by atoms with E-state index >= 15 is 0 Å². The Labute approximate surface area is 95.9 Å². The van der Waals surface area contributed by atoms with Crippen molar-refractivity contribution in [2.75, 3.05) is 0 Å². The Balaban J connectivity index is 2.65. The molecular weight excluding hydrogens is 202 g/mol. The summed E-state index contributed by atoms with van der Waals surface area (Å²) in [5, 5.41) is 8.62. The van der Waals surface area contributed by atoms with Crippen molar-refractivity contribution in [3.63, 3.8) is 0 Å². The summed E-state index contributed by atoms with van der Waals surface area (Å²) >= 11 is 0. The lowest BCUT2D eigenvalue weighted by Gasteiger charge is -2.24. The number of allylic oxidation sites excluding steroid dienone is 3. The second kappa shape index (κ2) is 6.05. The summed E-state index contributed by atoms with van der Waals surface area (Å²) < 4.78 is 0. The molecule has 1 atom stereocenters. The molecule has 0 spiro atoms. The fraction of sp³-hybridized carbons (Fsp3) is 0.385. The van der Waals surface area contributed by atoms with E-state index in [0.29, 0.717) is 6.42 Å². The van der Waals surface area contributed by atoms with Gasteiger partial charge in [-0.2, -0.15) is 0 Å². The zero-order valence-corrected chi connectivity index (χ0v) is 9.30. The summed E-state index contributed by atoms with van der Waals surface area (Å²) in [5.41, 5.74) is -0.305. The van der Waals surface area contributed by atoms with Crippen molar-refractivity contribution in [2.24, 2.45) is 4.99 Å². The largest absolute Gasteiger partial charge is 0.481 e. The summed E-state index contributed by atoms with van der Waals surface area (Å²) in [6, 6.07) is 0. The van der Waals surface area contributed by atoms with Gasteiger partial charge in [0.2, 0.25) is 0 Å². The highest BCUT2D eigenvalue weighted by atomic mass is 16.4. The number of rotatable bonds is 6. The van der Waals surface area contributed by atoms with Crippen LogP contribution in [-0.2, 0) is 4.79 Å². The first-order valence-corrected chi connectivity index (χ1v) is 5.41. The third-order valence-electron chi connectivity index (χ3n) is 2.54. The first-order valence-electron chi connectivity index (χ1n) is 5.41. The quantitative estimate of drug-likeness (QED) is 0.698. The van der Waals surface area contributed by atoms with Crippen molar-refractivity contribution in [2.45, 2.75) is 31.2 Å². The van der Waals surface area contributed by atoms with Crippen LogP contribution in [0.3, 0.4) is 0 Å². The maximum Gasteiger partial charge on any atom is 0.303 e. The molecule has 0 saturated carbocycles. The van der Waals surface area contributed by atoms with Gasteiger partial charge in [-0.05, 0) is 25.3 Å². The van der Waals surface area contributed by atoms with E-state index in [4.69, 9.17) is 5.11 Å². The molecule has 0 fully saturated rings. The van der Waals surface area contributed by atoms with Crippen molar-refractivity contribution in [1.82, 2.24) is 0 Å². The molecule has 1 aliphatic heterocycles. The Morgan fingerprint density at radius 2 is 2.25 bits per heavy atom. The van der Waals surface area contributed by atoms with E-state index in [0.717, 1.165) is 12.8 Å². The second-order valence-electron chi connectivity index (χ2n) is 3.87. The molecule has 86 valence electrons. The topological polar surface area (TPSA) is 49.7 Å². The minimum absolute atomic E-state index is 0.190. The lowest BCUT2D eigenvalue weighted by Crippen LogP contribution is -2.23. The molecule has 0 aromatic heterocycles. The van der Waals surface area contributed by atoms with Gasteiger partial charge in [-0.1, -0.05) is 24.3 Å². The standard InChI is InChI=1S/C13H17NO2/c1-2-8-13(10-6-7-12(15)16)9-4-3-5-11-14-13/h2-5,9,11H,1,6-8,10H2,(H,15,16). The maximum absolute atomic E-state index is 10.5. The number of carbonyl (C=O) groups is 1. The van der Waals surface area contributed by atoms with Crippen molar-refractivity contribution in [3.8, 4) is 0 Å². The molecular formula is C13H17NO2. The molecule has 0 aliphatic carbocycles. The number of aliphatic carboxylic acids is 1. The number of hydrogen-bond acceptors (Lipinski definition) is 2. The fourth-order valence-electron chi connectivity index (χ4n) is 1.75. The monoisotopic (exact) mass is 219 g/mol. The number of aliphatic imine (C=N–C) groups is 1. The van der Waals surface area contributed by atoms with E-state index in [1.807, 2.05) is 30.4 Å². The first-order chi connectivity index (χ1) is 7.68. The third-order valence-corrected chi connectivity index (χ3v) is 2.54. The van der Waals surface area contributed by atoms with Crippen LogP contribution < -0.4 is 0 Å². The van der Waals surface area contributed by atoms with Crippen LogP contribution in [0.4, 0.5) is 0 Å². The van der Waals surface area contributed by atoms with Gasteiger partial charge in [0, 0.05) is 12.6 Å². The van der Waals surface area contributed by atoms with Gasteiger partial charge in [0.25, 0.3) is 0 Å². The molecule has 1 unspecified atom stereocenters. The van der Waals surface area contributed by atoms with Crippen molar-refractivity contribution in [3.05, 3.63) is 37.0 Å². The molecule has 3 heteroatoms. The predicted octanol–water partition coefficient (Wildman–Crippen LogP) is 2.75. The number of carboxylic acid groups (broad SMARTS) is 1. The van der Waals surface area contributed by atoms with Gasteiger partial charge in [0.05, 0.1) is 5.54 Å². The first kappa shape index (κ1) is 12.4. The Hall–Kier alpha value is -1.64. The van der Waals surface area contributed by atoms with Crippen LogP contribution in [0.1, 0.15) is 25.7 Å². The highest BCUT2D eigenvalue weighted by Crippen LogP contribution is 2.26. The molecule has 3 nitrogen and oxygen atoms in total. The van der Waals surface area contributed by atoms with Crippen LogP contribution in [-0.4, -0.2) is 22.8 Å². The van der Waals surface area contributed by atoms with Gasteiger partial charge in [0.15, 0.2) is 0 Å². The lowest BCUT2D eigenvalue weighted by molar-refractivity contribution is -0.137. The molecule has 0 bridgehead atoms. The molecule has 0 amide bonds. The van der Waals surface area contributed by atoms with E-state index < -0.39 is 5.97 Å². The lowest BCUT2D eigenvalue weighted by atomic mass is 9.89. The SMILES string of the molecule is C=CCC1(CCCC(=O)O)C=CC=CC=N1. The van der Waals surface area contributed by atoms with E-state index in [2.05, 4.69) is 11.6 Å². The van der Waals surface area contributed by atoms with Crippen LogP contribution in [0.2, 0.25) is 0 Å². The molecule has 1 aliphatic rings. The van der Waals surface area contributed by atoms with Gasteiger partial charge in [-0.3, -0.25) is 9.79 Å². The fourth-order valence-corrected chi connectivity index (χ4v) is 1.75. The Bertz CT molecular complexity index is 324. The van der Waals surface area contributed by atoms with Gasteiger partial charge in [-0.15, -0.1) is 6.58 Å². The van der Waals surface area contributed by atoms with Crippen LogP contribution in [0.15, 0.2) is 42.0 Å². The normalized spacial score (nSPS) is 23.0. The smallest absolute Gasteiger partial charge is 0.303 e. The highest BCUT2D eigenvalue weighted by Gasteiger charge is 2.24. The summed E-state index contributed by atoms with van der Waals surface area (Å²) in [4.78, 5) is 15.0. The molecule has 0 aromatic rings. The summed E-state index contributed by atoms with van der Waals surface area (Å²) in [6.07, 6.45) is 13.7. The zero-order chi connectivity index (χ0) is 11.9. The average molecular weight is 219 g/mol. The van der Waals surface area contributed by atoms with E-state index in [1.54, 1.807) is 6.21 Å². The van der Waals surface area contributed by atoms with Crippen LogP contribution in [0.25, 0.3) is 0 Å². The minimum atomic E-state index is -0.756. The molecule has 1 N–H and O–H groups in total. The number of hydrogen-bond donors (Lipinski definition) is 1. The number of carboxylic acids is 1. The number of nitrogens with zero attached hydrogens (tertiary/aromatic N) is 1. The van der Waals surface area contributed by atoms with Crippen molar-refractivity contribution < 1.29 is 9.90 Å². The maximum atomic E-state index is 10.5. The van der Waals surface area contributed by atoms with Crippen molar-refractivity contribution in [1.29, 1.82) is 0 Å². The minimum Gasteiger partial charge on any atom is -0.481 e. The van der Waals surface area contributed by atoms with Gasteiger partial charge < -0.3 is 5.11 Å². The van der Waals surface area contributed by atoms with Gasteiger partial charge in [0.1, 0.15) is 0 Å². The van der Waals surface area contributed by atoms with E-state index in [1.165, 1.54) is 0 Å². The Kier molecular flexibility index (Phi) is 4.70. The summed E-state index contributed by atoms with van der Waals surface area (Å²) in [7, 11) is 0. The van der Waals surface area contributed by atoms with Crippen LogP contribution in [0.5, 0.6) is 0 Å². The van der Waals surface area contributed by atoms with Crippen LogP contribution in [0, 0.1) is 0 Å². The van der Waals surface area contributed by atoms with Crippen LogP contribution >= 0.6 is 0 Å². The third kappa shape index (κ3) is 3.85. The van der Waals surface area contributed by atoms with Gasteiger partial charge in [-0.25, -0.2) is 0 Å². The molecule has 0 aromatic carbocycles. The average Bonchev–Trinajstić information content (AvgIpc) is 2.44. The predicted molar refractivity (Wildman–Crippen MR) is 65.8 cm³/mol. The molecule has 1 heterocycles. The Morgan fingerprint density at radius 1 is 1.44 bits per heavy atom. The second-order valence-corrected chi connectivity index (χ2v) is 3.87. The molecule has 0 saturated heterocycles. The van der Waals surface area contributed by atoms with E-state index in [9.17, 15) is 4.79 Å². The molecule has 16 heavy (non-hydrogen) atoms. The summed E-state index contributed by atoms with van der Waals surface area (Å²) in [5.74, 6) is -0.756. The summed E-state index contributed by atoms with van der Waals surface area (Å²) in [6.45, 7) is 3.73. The zero-order valence-electron chi connectivity index (χ0n) is 9.30. The van der Waals surface area contributed by atoms with E-state index in [-0.39, 0.29) is 12.0 Å². The van der Waals surface area contributed by atoms with Gasteiger partial charge >= 0.3 is 5.97 Å². The highest BCUT2D eigenvalue weighted by molar-refractivity contribution is 5.73. The Morgan fingerprint density at radius 3 is 2.94 bits per heavy atom. The van der Waals surface area contributed by atoms with Crippen molar-refractivity contribution >= 4 is 12.2 Å². The molecule has 1 rings (SSSR count).